The standard InChI is InChI=1S/C15H20BrN3/c16-12-5-7-13(8-6-12)19-14(17)18-11-15(19)9-3-1-2-4-10-15/h5-8H,1-4,9-11H2,(H2,17,18). The lowest BCUT2D eigenvalue weighted by molar-refractivity contribution is 0.400. The first-order valence-corrected chi connectivity index (χ1v) is 7.86. The first kappa shape index (κ1) is 13.0. The van der Waals surface area contributed by atoms with Gasteiger partial charge < -0.3 is 10.6 Å². The summed E-state index contributed by atoms with van der Waals surface area (Å²) in [7, 11) is 0. The minimum atomic E-state index is 0.133. The topological polar surface area (TPSA) is 41.6 Å². The van der Waals surface area contributed by atoms with E-state index in [4.69, 9.17) is 5.73 Å². The minimum absolute atomic E-state index is 0.133. The van der Waals surface area contributed by atoms with Crippen LogP contribution >= 0.6 is 15.9 Å². The summed E-state index contributed by atoms with van der Waals surface area (Å²) in [5.74, 6) is 0.684. The van der Waals surface area contributed by atoms with Crippen molar-refractivity contribution >= 4 is 27.6 Å². The van der Waals surface area contributed by atoms with Gasteiger partial charge in [-0.3, -0.25) is 4.99 Å². The van der Waals surface area contributed by atoms with Gasteiger partial charge in [-0.05, 0) is 37.1 Å². The Balaban J connectivity index is 1.95. The van der Waals surface area contributed by atoms with E-state index in [0.717, 1.165) is 11.0 Å². The van der Waals surface area contributed by atoms with Crippen LogP contribution in [0.15, 0.2) is 33.7 Å². The predicted octanol–water partition coefficient (Wildman–Crippen LogP) is 3.68. The van der Waals surface area contributed by atoms with Crippen LogP contribution in [0, 0.1) is 0 Å². The van der Waals surface area contributed by atoms with Gasteiger partial charge in [0.25, 0.3) is 0 Å². The Morgan fingerprint density at radius 2 is 1.68 bits per heavy atom. The summed E-state index contributed by atoms with van der Waals surface area (Å²) >= 11 is 3.49. The highest BCUT2D eigenvalue weighted by Gasteiger charge is 2.42. The molecule has 1 fully saturated rings. The van der Waals surface area contributed by atoms with Crippen LogP contribution in [0.2, 0.25) is 0 Å². The fraction of sp³-hybridized carbons (Fsp3) is 0.533. The molecule has 2 aliphatic rings. The van der Waals surface area contributed by atoms with Gasteiger partial charge in [-0.15, -0.1) is 0 Å². The van der Waals surface area contributed by atoms with Crippen molar-refractivity contribution in [2.45, 2.75) is 44.1 Å². The molecule has 102 valence electrons. The maximum absolute atomic E-state index is 6.17. The zero-order valence-electron chi connectivity index (χ0n) is 11.1. The van der Waals surface area contributed by atoms with Crippen LogP contribution in [0.5, 0.6) is 0 Å². The van der Waals surface area contributed by atoms with Gasteiger partial charge in [0.1, 0.15) is 0 Å². The second-order valence-electron chi connectivity index (χ2n) is 5.62. The van der Waals surface area contributed by atoms with E-state index in [0.29, 0.717) is 5.96 Å². The Hall–Kier alpha value is -1.03. The fourth-order valence-corrected chi connectivity index (χ4v) is 3.64. The maximum Gasteiger partial charge on any atom is 0.196 e. The van der Waals surface area contributed by atoms with Crippen molar-refractivity contribution in [2.24, 2.45) is 10.7 Å². The second kappa shape index (κ2) is 5.16. The number of hydrogen-bond donors (Lipinski definition) is 1. The van der Waals surface area contributed by atoms with Gasteiger partial charge in [-0.1, -0.05) is 41.6 Å². The number of guanidine groups is 1. The van der Waals surface area contributed by atoms with Crippen LogP contribution in [0.4, 0.5) is 5.69 Å². The molecule has 0 radical (unpaired) electrons. The summed E-state index contributed by atoms with van der Waals surface area (Å²) in [6, 6.07) is 8.41. The molecule has 1 spiro atoms. The Morgan fingerprint density at radius 3 is 2.32 bits per heavy atom. The van der Waals surface area contributed by atoms with E-state index in [2.05, 4.69) is 50.1 Å². The molecule has 1 saturated carbocycles. The average Bonchev–Trinajstić information content (AvgIpc) is 2.60. The number of aliphatic imine (C=N–C) groups is 1. The normalized spacial score (nSPS) is 22.4. The lowest BCUT2D eigenvalue weighted by atomic mass is 9.89. The molecule has 3 nitrogen and oxygen atoms in total. The van der Waals surface area contributed by atoms with Gasteiger partial charge >= 0.3 is 0 Å². The number of benzene rings is 1. The van der Waals surface area contributed by atoms with E-state index in [1.54, 1.807) is 0 Å². The highest BCUT2D eigenvalue weighted by molar-refractivity contribution is 9.10. The van der Waals surface area contributed by atoms with Crippen molar-refractivity contribution in [3.63, 3.8) is 0 Å². The van der Waals surface area contributed by atoms with Crippen molar-refractivity contribution in [2.75, 3.05) is 11.4 Å². The molecule has 1 aromatic rings. The van der Waals surface area contributed by atoms with E-state index in [1.165, 1.54) is 44.2 Å². The monoisotopic (exact) mass is 321 g/mol. The highest BCUT2D eigenvalue weighted by atomic mass is 79.9. The Kier molecular flexibility index (Phi) is 3.52. The third-order valence-electron chi connectivity index (χ3n) is 4.36. The van der Waals surface area contributed by atoms with Gasteiger partial charge in [0.15, 0.2) is 5.96 Å². The van der Waals surface area contributed by atoms with Crippen molar-refractivity contribution < 1.29 is 0 Å². The molecule has 2 N–H and O–H groups in total. The molecule has 1 aromatic carbocycles. The zero-order chi connectivity index (χ0) is 13.3. The summed E-state index contributed by atoms with van der Waals surface area (Å²) in [5, 5.41) is 0. The number of rotatable bonds is 1. The quantitative estimate of drug-likeness (QED) is 0.857. The first-order valence-electron chi connectivity index (χ1n) is 7.07. The predicted molar refractivity (Wildman–Crippen MR) is 83.5 cm³/mol. The van der Waals surface area contributed by atoms with Crippen molar-refractivity contribution in [1.29, 1.82) is 0 Å². The Labute approximate surface area is 123 Å². The van der Waals surface area contributed by atoms with Crippen molar-refractivity contribution in [1.82, 2.24) is 0 Å². The van der Waals surface area contributed by atoms with Crippen molar-refractivity contribution in [3.8, 4) is 0 Å². The van der Waals surface area contributed by atoms with Crippen molar-refractivity contribution in [3.05, 3.63) is 28.7 Å². The average molecular weight is 322 g/mol. The molecule has 0 bridgehead atoms. The van der Waals surface area contributed by atoms with Gasteiger partial charge in [0, 0.05) is 10.2 Å². The molecule has 1 aliphatic carbocycles. The summed E-state index contributed by atoms with van der Waals surface area (Å²) in [6.07, 6.45) is 7.66. The number of nitrogens with zero attached hydrogens (tertiary/aromatic N) is 2. The Morgan fingerprint density at radius 1 is 1.05 bits per heavy atom. The molecule has 0 atom stereocenters. The molecule has 0 saturated heterocycles. The van der Waals surface area contributed by atoms with E-state index in [1.807, 2.05) is 0 Å². The fourth-order valence-electron chi connectivity index (χ4n) is 3.38. The molecule has 0 unspecified atom stereocenters. The molecule has 0 aromatic heterocycles. The van der Waals surface area contributed by atoms with Gasteiger partial charge in [0.2, 0.25) is 0 Å². The largest absolute Gasteiger partial charge is 0.369 e. The molecule has 3 rings (SSSR count). The van der Waals surface area contributed by atoms with E-state index in [9.17, 15) is 0 Å². The summed E-state index contributed by atoms with van der Waals surface area (Å²) < 4.78 is 1.10. The lowest BCUT2D eigenvalue weighted by Crippen LogP contribution is -2.51. The summed E-state index contributed by atoms with van der Waals surface area (Å²) in [6.45, 7) is 0.856. The van der Waals surface area contributed by atoms with Crippen LogP contribution in [-0.4, -0.2) is 18.0 Å². The van der Waals surface area contributed by atoms with Gasteiger partial charge in [-0.2, -0.15) is 0 Å². The molecule has 4 heteroatoms. The second-order valence-corrected chi connectivity index (χ2v) is 6.54. The molecular formula is C15H20BrN3. The number of halogens is 1. The van der Waals surface area contributed by atoms with E-state index >= 15 is 0 Å². The maximum atomic E-state index is 6.17. The third kappa shape index (κ3) is 2.38. The van der Waals surface area contributed by atoms with Gasteiger partial charge in [-0.25, -0.2) is 0 Å². The molecule has 19 heavy (non-hydrogen) atoms. The minimum Gasteiger partial charge on any atom is -0.369 e. The van der Waals surface area contributed by atoms with E-state index < -0.39 is 0 Å². The van der Waals surface area contributed by atoms with Crippen LogP contribution in [-0.2, 0) is 0 Å². The molecule has 1 heterocycles. The smallest absolute Gasteiger partial charge is 0.196 e. The van der Waals surface area contributed by atoms with Crippen LogP contribution in [0.3, 0.4) is 0 Å². The Bertz CT molecular complexity index is 473. The summed E-state index contributed by atoms with van der Waals surface area (Å²) in [5.41, 5.74) is 7.47. The van der Waals surface area contributed by atoms with Gasteiger partial charge in [0.05, 0.1) is 12.1 Å². The lowest BCUT2D eigenvalue weighted by Gasteiger charge is -2.39. The zero-order valence-corrected chi connectivity index (χ0v) is 12.7. The van der Waals surface area contributed by atoms with Crippen LogP contribution < -0.4 is 10.6 Å². The van der Waals surface area contributed by atoms with Crippen LogP contribution in [0.1, 0.15) is 38.5 Å². The van der Waals surface area contributed by atoms with Crippen LogP contribution in [0.25, 0.3) is 0 Å². The number of nitrogens with two attached hydrogens (primary N) is 1. The van der Waals surface area contributed by atoms with E-state index in [-0.39, 0.29) is 5.54 Å². The number of anilines is 1. The molecule has 1 aliphatic heterocycles. The summed E-state index contributed by atoms with van der Waals surface area (Å²) in [4.78, 5) is 6.83. The molecule has 0 amide bonds. The SMILES string of the molecule is NC1=NCC2(CCCCCC2)N1c1ccc(Br)cc1. The first-order chi connectivity index (χ1) is 9.21. The number of hydrogen-bond acceptors (Lipinski definition) is 3. The third-order valence-corrected chi connectivity index (χ3v) is 4.89. The highest BCUT2D eigenvalue weighted by Crippen LogP contribution is 2.39. The molecular weight excluding hydrogens is 302 g/mol.